The molecule has 0 spiro atoms. The SMILES string of the molecule is c1cc(-c2ccc3ccccc3c2)cc(N(c2cccc(-c3cccc4ccccc34)c2)c2ccc3c4ccccc4c4ccccc4c3c2)c1. The molecular formula is C50H33N. The zero-order chi connectivity index (χ0) is 33.7. The summed E-state index contributed by atoms with van der Waals surface area (Å²) in [7, 11) is 0. The summed E-state index contributed by atoms with van der Waals surface area (Å²) in [4.78, 5) is 2.42. The summed E-state index contributed by atoms with van der Waals surface area (Å²) in [5.74, 6) is 0. The maximum absolute atomic E-state index is 2.42. The van der Waals surface area contributed by atoms with Gasteiger partial charge < -0.3 is 4.90 Å². The van der Waals surface area contributed by atoms with Crippen molar-refractivity contribution in [1.29, 1.82) is 0 Å². The average molecular weight is 648 g/mol. The van der Waals surface area contributed by atoms with E-state index in [1.54, 1.807) is 0 Å². The predicted molar refractivity (Wildman–Crippen MR) is 220 cm³/mol. The Hall–Kier alpha value is -6.70. The highest BCUT2D eigenvalue weighted by Crippen LogP contribution is 2.43. The van der Waals surface area contributed by atoms with Crippen LogP contribution >= 0.6 is 0 Å². The van der Waals surface area contributed by atoms with Crippen LogP contribution in [0.15, 0.2) is 200 Å². The fraction of sp³-hybridized carbons (Fsp3) is 0. The van der Waals surface area contributed by atoms with E-state index in [9.17, 15) is 0 Å². The van der Waals surface area contributed by atoms with E-state index in [0.717, 1.165) is 17.1 Å². The molecule has 10 rings (SSSR count). The van der Waals surface area contributed by atoms with Crippen molar-refractivity contribution in [3.8, 4) is 22.3 Å². The summed E-state index contributed by atoms with van der Waals surface area (Å²) in [6.07, 6.45) is 0. The van der Waals surface area contributed by atoms with E-state index < -0.39 is 0 Å². The summed E-state index contributed by atoms with van der Waals surface area (Å²) in [6.45, 7) is 0. The van der Waals surface area contributed by atoms with Gasteiger partial charge in [-0.2, -0.15) is 0 Å². The number of rotatable bonds is 5. The fourth-order valence-electron chi connectivity index (χ4n) is 7.97. The summed E-state index contributed by atoms with van der Waals surface area (Å²) >= 11 is 0. The number of anilines is 3. The van der Waals surface area contributed by atoms with E-state index in [1.165, 1.54) is 76.1 Å². The Bertz CT molecular complexity index is 2900. The minimum absolute atomic E-state index is 1.11. The molecule has 0 amide bonds. The second-order valence-corrected chi connectivity index (χ2v) is 13.3. The van der Waals surface area contributed by atoms with Gasteiger partial charge in [0.05, 0.1) is 0 Å². The molecule has 1 heteroatoms. The van der Waals surface area contributed by atoms with Crippen LogP contribution in [0.3, 0.4) is 0 Å². The topological polar surface area (TPSA) is 3.24 Å². The lowest BCUT2D eigenvalue weighted by Gasteiger charge is -2.27. The van der Waals surface area contributed by atoms with Crippen LogP contribution in [0.1, 0.15) is 0 Å². The molecule has 0 bridgehead atoms. The molecule has 0 aliphatic rings. The van der Waals surface area contributed by atoms with E-state index in [1.807, 2.05) is 0 Å². The maximum atomic E-state index is 2.42. The lowest BCUT2D eigenvalue weighted by atomic mass is 9.93. The van der Waals surface area contributed by atoms with Gasteiger partial charge in [0, 0.05) is 17.1 Å². The number of nitrogens with zero attached hydrogens (tertiary/aromatic N) is 1. The average Bonchev–Trinajstić information content (AvgIpc) is 3.21. The number of hydrogen-bond acceptors (Lipinski definition) is 1. The zero-order valence-corrected chi connectivity index (χ0v) is 28.0. The largest absolute Gasteiger partial charge is 0.310 e. The van der Waals surface area contributed by atoms with Gasteiger partial charge >= 0.3 is 0 Å². The van der Waals surface area contributed by atoms with Crippen molar-refractivity contribution in [2.24, 2.45) is 0 Å². The molecule has 1 nitrogen and oxygen atoms in total. The van der Waals surface area contributed by atoms with Gasteiger partial charge in [-0.1, -0.05) is 158 Å². The first-order valence-electron chi connectivity index (χ1n) is 17.6. The van der Waals surface area contributed by atoms with Crippen molar-refractivity contribution in [2.45, 2.75) is 0 Å². The van der Waals surface area contributed by atoms with Crippen LogP contribution in [0.2, 0.25) is 0 Å². The third-order valence-electron chi connectivity index (χ3n) is 10.4. The molecule has 0 fully saturated rings. The molecule has 0 heterocycles. The van der Waals surface area contributed by atoms with E-state index in [-0.39, 0.29) is 0 Å². The third-order valence-corrected chi connectivity index (χ3v) is 10.4. The smallest absolute Gasteiger partial charge is 0.0468 e. The molecule has 0 aliphatic heterocycles. The Balaban J connectivity index is 1.20. The van der Waals surface area contributed by atoms with Crippen LogP contribution in [0, 0.1) is 0 Å². The molecule has 10 aromatic carbocycles. The van der Waals surface area contributed by atoms with Crippen LogP contribution in [0.4, 0.5) is 17.1 Å². The molecule has 51 heavy (non-hydrogen) atoms. The van der Waals surface area contributed by atoms with Gasteiger partial charge in [0.2, 0.25) is 0 Å². The van der Waals surface area contributed by atoms with Crippen LogP contribution < -0.4 is 4.90 Å². The fourth-order valence-corrected chi connectivity index (χ4v) is 7.97. The van der Waals surface area contributed by atoms with Gasteiger partial charge in [-0.15, -0.1) is 0 Å². The van der Waals surface area contributed by atoms with Crippen LogP contribution in [0.5, 0.6) is 0 Å². The predicted octanol–water partition coefficient (Wildman–Crippen LogP) is 14.3. The minimum atomic E-state index is 1.11. The molecule has 0 saturated carbocycles. The molecule has 0 unspecified atom stereocenters. The van der Waals surface area contributed by atoms with Crippen molar-refractivity contribution in [1.82, 2.24) is 0 Å². The number of hydrogen-bond donors (Lipinski definition) is 0. The second-order valence-electron chi connectivity index (χ2n) is 13.3. The van der Waals surface area contributed by atoms with Gasteiger partial charge in [-0.3, -0.25) is 0 Å². The number of benzene rings is 10. The Labute approximate surface area is 297 Å². The Morgan fingerprint density at radius 2 is 0.725 bits per heavy atom. The lowest BCUT2D eigenvalue weighted by molar-refractivity contribution is 1.29. The summed E-state index contributed by atoms with van der Waals surface area (Å²) < 4.78 is 0. The Morgan fingerprint density at radius 1 is 0.235 bits per heavy atom. The number of fused-ring (bicyclic) bond motifs is 8. The van der Waals surface area contributed by atoms with Gasteiger partial charge in [0.25, 0.3) is 0 Å². The monoisotopic (exact) mass is 647 g/mol. The highest BCUT2D eigenvalue weighted by atomic mass is 15.1. The molecule has 0 saturated heterocycles. The van der Waals surface area contributed by atoms with Crippen LogP contribution in [-0.4, -0.2) is 0 Å². The lowest BCUT2D eigenvalue weighted by Crippen LogP contribution is -2.10. The molecule has 0 atom stereocenters. The first kappa shape index (κ1) is 29.2. The van der Waals surface area contributed by atoms with Crippen LogP contribution in [0.25, 0.3) is 76.1 Å². The van der Waals surface area contributed by atoms with Crippen molar-refractivity contribution in [2.75, 3.05) is 4.90 Å². The highest BCUT2D eigenvalue weighted by molar-refractivity contribution is 6.25. The van der Waals surface area contributed by atoms with Gasteiger partial charge in [-0.05, 0) is 119 Å². The maximum Gasteiger partial charge on any atom is 0.0468 e. The van der Waals surface area contributed by atoms with Crippen molar-refractivity contribution in [3.05, 3.63) is 200 Å². The molecule has 0 aliphatic carbocycles. The molecule has 0 N–H and O–H groups in total. The molecule has 0 radical (unpaired) electrons. The van der Waals surface area contributed by atoms with E-state index in [0.29, 0.717) is 0 Å². The van der Waals surface area contributed by atoms with Crippen molar-refractivity contribution in [3.63, 3.8) is 0 Å². The normalized spacial score (nSPS) is 11.5. The highest BCUT2D eigenvalue weighted by Gasteiger charge is 2.17. The summed E-state index contributed by atoms with van der Waals surface area (Å²) in [6, 6.07) is 73.1. The van der Waals surface area contributed by atoms with Crippen LogP contribution in [-0.2, 0) is 0 Å². The van der Waals surface area contributed by atoms with Crippen molar-refractivity contribution < 1.29 is 0 Å². The first-order chi connectivity index (χ1) is 25.3. The molecular weight excluding hydrogens is 615 g/mol. The van der Waals surface area contributed by atoms with Gasteiger partial charge in [0.15, 0.2) is 0 Å². The minimum Gasteiger partial charge on any atom is -0.310 e. The Morgan fingerprint density at radius 3 is 1.45 bits per heavy atom. The quantitative estimate of drug-likeness (QED) is 0.168. The van der Waals surface area contributed by atoms with Gasteiger partial charge in [-0.25, -0.2) is 0 Å². The summed E-state index contributed by atoms with van der Waals surface area (Å²) in [5, 5.41) is 12.6. The molecule has 10 aromatic rings. The second kappa shape index (κ2) is 12.0. The third kappa shape index (κ3) is 5.02. The zero-order valence-electron chi connectivity index (χ0n) is 28.0. The standard InChI is InChI=1S/C50H33N/c1-2-14-36-30-38(27-26-34(36)12-1)37-16-9-18-40(31-37)51(41-19-10-17-39(32-41)44-25-11-15-35-13-3-4-20-43(35)44)42-28-29-49-47-23-6-5-21-45(47)46-22-7-8-24-48(46)50(49)33-42/h1-33H. The Kier molecular flexibility index (Phi) is 6.89. The van der Waals surface area contributed by atoms with E-state index in [4.69, 9.17) is 0 Å². The van der Waals surface area contributed by atoms with Gasteiger partial charge in [0.1, 0.15) is 0 Å². The molecule has 0 aromatic heterocycles. The molecule has 238 valence electrons. The van der Waals surface area contributed by atoms with E-state index >= 15 is 0 Å². The van der Waals surface area contributed by atoms with E-state index in [2.05, 4.69) is 205 Å². The summed E-state index contributed by atoms with van der Waals surface area (Å²) in [5.41, 5.74) is 8.16. The first-order valence-corrected chi connectivity index (χ1v) is 17.6. The van der Waals surface area contributed by atoms with Crippen molar-refractivity contribution >= 4 is 70.9 Å².